The van der Waals surface area contributed by atoms with Gasteiger partial charge >= 0.3 is 17.9 Å². The zero-order valence-electron chi connectivity index (χ0n) is 52.9. The summed E-state index contributed by atoms with van der Waals surface area (Å²) in [5, 5.41) is 0. The van der Waals surface area contributed by atoms with Crippen LogP contribution in [0.1, 0.15) is 367 Å². The van der Waals surface area contributed by atoms with Gasteiger partial charge in [-0.25, -0.2) is 0 Å². The van der Waals surface area contributed by atoms with Gasteiger partial charge in [-0.05, 0) is 83.5 Å². The van der Waals surface area contributed by atoms with Gasteiger partial charge in [0.05, 0.1) is 0 Å². The molecule has 0 heterocycles. The number of hydrogen-bond acceptors (Lipinski definition) is 6. The Kier molecular flexibility index (Phi) is 65.1. The van der Waals surface area contributed by atoms with Crippen molar-refractivity contribution in [2.45, 2.75) is 374 Å². The summed E-state index contributed by atoms with van der Waals surface area (Å²) < 4.78 is 16.9. The Hall–Kier alpha value is -2.89. The zero-order chi connectivity index (χ0) is 57.1. The van der Waals surface area contributed by atoms with Crippen LogP contribution in [0.3, 0.4) is 0 Å². The van der Waals surface area contributed by atoms with Crippen LogP contribution in [-0.4, -0.2) is 37.2 Å². The van der Waals surface area contributed by atoms with E-state index in [1.165, 1.54) is 244 Å². The lowest BCUT2D eigenvalue weighted by molar-refractivity contribution is -0.167. The second kappa shape index (κ2) is 67.6. The third kappa shape index (κ3) is 65.8. The highest BCUT2D eigenvalue weighted by molar-refractivity contribution is 5.71. The van der Waals surface area contributed by atoms with Gasteiger partial charge in [-0.2, -0.15) is 0 Å². The first-order valence-corrected chi connectivity index (χ1v) is 34.8. The monoisotopic (exact) mass is 1110 g/mol. The molecule has 0 aromatic heterocycles. The van der Waals surface area contributed by atoms with Gasteiger partial charge in [0, 0.05) is 19.3 Å². The van der Waals surface area contributed by atoms with E-state index in [0.29, 0.717) is 19.3 Å². The smallest absolute Gasteiger partial charge is 0.306 e. The molecule has 1 atom stereocenters. The Morgan fingerprint density at radius 1 is 0.266 bits per heavy atom. The molecule has 0 fully saturated rings. The first-order chi connectivity index (χ1) is 39.0. The van der Waals surface area contributed by atoms with Crippen LogP contribution in [0.2, 0.25) is 0 Å². The van der Waals surface area contributed by atoms with Gasteiger partial charge in [0.1, 0.15) is 13.2 Å². The Labute approximate surface area is 491 Å². The van der Waals surface area contributed by atoms with Gasteiger partial charge in [-0.15, -0.1) is 0 Å². The molecule has 0 radical (unpaired) electrons. The van der Waals surface area contributed by atoms with Crippen molar-refractivity contribution in [2.75, 3.05) is 13.2 Å². The summed E-state index contributed by atoms with van der Waals surface area (Å²) in [7, 11) is 0. The minimum Gasteiger partial charge on any atom is -0.462 e. The SMILES string of the molecule is CC/C=C\C/C=C\C/C=C\C/C=C\CCCCCCCCCCCCCCCCCCCCCCC(=O)OCC(COC(=O)CCCCCCCCCCC)OC(=O)CCCCCCCCCCC/C=C\CCCCCCCC. The molecule has 0 bridgehead atoms. The predicted molar refractivity (Wildman–Crippen MR) is 344 cm³/mol. The predicted octanol–water partition coefficient (Wildman–Crippen LogP) is 23.9. The van der Waals surface area contributed by atoms with E-state index in [1.54, 1.807) is 0 Å². The quantitative estimate of drug-likeness (QED) is 0.0261. The van der Waals surface area contributed by atoms with Crippen molar-refractivity contribution < 1.29 is 28.6 Å². The highest BCUT2D eigenvalue weighted by Crippen LogP contribution is 2.18. The second-order valence-electron chi connectivity index (χ2n) is 23.4. The van der Waals surface area contributed by atoms with Crippen molar-refractivity contribution >= 4 is 17.9 Å². The van der Waals surface area contributed by atoms with Crippen LogP contribution in [0.25, 0.3) is 0 Å². The maximum atomic E-state index is 12.9. The molecule has 0 spiro atoms. The number of allylic oxidation sites excluding steroid dienone is 10. The van der Waals surface area contributed by atoms with Crippen molar-refractivity contribution in [3.8, 4) is 0 Å². The molecule has 0 aromatic carbocycles. The largest absolute Gasteiger partial charge is 0.462 e. The Bertz CT molecular complexity index is 1410. The van der Waals surface area contributed by atoms with Crippen LogP contribution in [0.5, 0.6) is 0 Å². The molecule has 6 nitrogen and oxygen atoms in total. The number of hydrogen-bond donors (Lipinski definition) is 0. The summed E-state index contributed by atoms with van der Waals surface area (Å²) in [6.07, 6.45) is 87.0. The number of ether oxygens (including phenoxy) is 3. The Balaban J connectivity index is 4.05. The van der Waals surface area contributed by atoms with E-state index in [4.69, 9.17) is 14.2 Å². The molecule has 0 saturated heterocycles. The highest BCUT2D eigenvalue weighted by Gasteiger charge is 2.19. The molecule has 0 aliphatic heterocycles. The molecule has 0 aliphatic rings. The molecule has 0 saturated carbocycles. The van der Waals surface area contributed by atoms with Gasteiger partial charge in [0.25, 0.3) is 0 Å². The maximum absolute atomic E-state index is 12.9. The second-order valence-corrected chi connectivity index (χ2v) is 23.4. The van der Waals surface area contributed by atoms with E-state index in [0.717, 1.165) is 83.5 Å². The third-order valence-electron chi connectivity index (χ3n) is 15.5. The van der Waals surface area contributed by atoms with Crippen LogP contribution < -0.4 is 0 Å². The van der Waals surface area contributed by atoms with E-state index in [2.05, 4.69) is 81.5 Å². The topological polar surface area (TPSA) is 78.9 Å². The summed E-state index contributed by atoms with van der Waals surface area (Å²) in [5.41, 5.74) is 0. The molecule has 0 aliphatic carbocycles. The molecule has 79 heavy (non-hydrogen) atoms. The van der Waals surface area contributed by atoms with E-state index < -0.39 is 6.10 Å². The minimum absolute atomic E-state index is 0.0688. The number of carbonyl (C=O) groups is 3. The van der Waals surface area contributed by atoms with Crippen molar-refractivity contribution in [1.82, 2.24) is 0 Å². The van der Waals surface area contributed by atoms with Crippen molar-refractivity contribution in [3.05, 3.63) is 60.8 Å². The maximum Gasteiger partial charge on any atom is 0.306 e. The lowest BCUT2D eigenvalue weighted by Gasteiger charge is -2.18. The van der Waals surface area contributed by atoms with Crippen LogP contribution in [-0.2, 0) is 28.6 Å². The van der Waals surface area contributed by atoms with Crippen molar-refractivity contribution in [2.24, 2.45) is 0 Å². The summed E-state index contributed by atoms with van der Waals surface area (Å²) in [5.74, 6) is -0.850. The normalized spacial score (nSPS) is 12.4. The van der Waals surface area contributed by atoms with Crippen LogP contribution in [0.4, 0.5) is 0 Å². The Morgan fingerprint density at radius 2 is 0.494 bits per heavy atom. The minimum atomic E-state index is -0.770. The molecule has 0 aromatic rings. The van der Waals surface area contributed by atoms with E-state index in [9.17, 15) is 14.4 Å². The fraction of sp³-hybridized carbons (Fsp3) is 0.822. The number of esters is 3. The van der Waals surface area contributed by atoms with Gasteiger partial charge in [-0.1, -0.05) is 326 Å². The fourth-order valence-corrected chi connectivity index (χ4v) is 10.3. The van der Waals surface area contributed by atoms with Crippen LogP contribution in [0.15, 0.2) is 60.8 Å². The number of unbranched alkanes of at least 4 members (excludes halogenated alkanes) is 43. The number of rotatable bonds is 64. The average molecular weight is 1110 g/mol. The average Bonchev–Trinajstić information content (AvgIpc) is 3.45. The first kappa shape index (κ1) is 76.1. The molecule has 0 amide bonds. The standard InChI is InChI=1S/C73H132O6/c1-4-7-10-13-16-19-21-23-25-27-29-30-31-32-33-34-35-36-37-38-39-40-41-42-44-45-47-49-51-54-57-60-63-66-72(75)78-69-70(68-77-71(74)65-62-59-56-53-18-15-12-9-6-3)79-73(76)67-64-61-58-55-52-50-48-46-43-28-26-24-22-20-17-14-11-8-5-2/h7,10,16,19,23-26,29-30,70H,4-6,8-9,11-15,17-18,20-22,27-28,31-69H2,1-3H3/b10-7-,19-16-,25-23-,26-24-,30-29-. The van der Waals surface area contributed by atoms with Gasteiger partial charge in [0.15, 0.2) is 6.10 Å². The summed E-state index contributed by atoms with van der Waals surface area (Å²) >= 11 is 0. The molecule has 0 N–H and O–H groups in total. The lowest BCUT2D eigenvalue weighted by Crippen LogP contribution is -2.30. The number of carbonyl (C=O) groups excluding carboxylic acids is 3. The summed E-state index contributed by atoms with van der Waals surface area (Å²) in [6, 6.07) is 0. The summed E-state index contributed by atoms with van der Waals surface area (Å²) in [4.78, 5) is 38.2. The van der Waals surface area contributed by atoms with Gasteiger partial charge in [0.2, 0.25) is 0 Å². The van der Waals surface area contributed by atoms with E-state index >= 15 is 0 Å². The third-order valence-corrected chi connectivity index (χ3v) is 15.5. The highest BCUT2D eigenvalue weighted by atomic mass is 16.6. The molecular formula is C73H132O6. The molecule has 6 heteroatoms. The van der Waals surface area contributed by atoms with Crippen molar-refractivity contribution in [1.29, 1.82) is 0 Å². The summed E-state index contributed by atoms with van der Waals surface area (Å²) in [6.45, 7) is 6.56. The van der Waals surface area contributed by atoms with Crippen LogP contribution >= 0.6 is 0 Å². The Morgan fingerprint density at radius 3 is 0.785 bits per heavy atom. The van der Waals surface area contributed by atoms with E-state index in [-0.39, 0.29) is 31.1 Å². The molecule has 0 rings (SSSR count). The van der Waals surface area contributed by atoms with E-state index in [1.807, 2.05) is 0 Å². The van der Waals surface area contributed by atoms with Gasteiger partial charge in [-0.3, -0.25) is 14.4 Å². The van der Waals surface area contributed by atoms with Gasteiger partial charge < -0.3 is 14.2 Å². The molecule has 1 unspecified atom stereocenters. The van der Waals surface area contributed by atoms with Crippen molar-refractivity contribution in [3.63, 3.8) is 0 Å². The lowest BCUT2D eigenvalue weighted by atomic mass is 10.0. The molecular weight excluding hydrogens is 973 g/mol. The fourth-order valence-electron chi connectivity index (χ4n) is 10.3. The zero-order valence-corrected chi connectivity index (χ0v) is 52.9. The first-order valence-electron chi connectivity index (χ1n) is 34.8. The molecule has 460 valence electrons. The van der Waals surface area contributed by atoms with Crippen LogP contribution in [0, 0.1) is 0 Å².